The largest absolute Gasteiger partial charge is 0.494 e. The van der Waals surface area contributed by atoms with Crippen LogP contribution in [0.5, 0.6) is 5.75 Å². The van der Waals surface area contributed by atoms with E-state index in [0.29, 0.717) is 6.54 Å². The van der Waals surface area contributed by atoms with E-state index in [1.165, 1.54) is 5.56 Å². The Morgan fingerprint density at radius 3 is 2.38 bits per heavy atom. The standard InChI is InChI=1S/C27H40N2O3/c1-4-5-21-32-25-13-11-24(12-14-25)28(2)22-26(31-3)27(30)16-19-29(20-17-27)18-15-23-9-7-6-8-10-23/h6-14,26,30H,4-5,15-22H2,1-3H3. The number of hydrogen-bond acceptors (Lipinski definition) is 5. The molecule has 0 aromatic heterocycles. The van der Waals surface area contributed by atoms with E-state index < -0.39 is 5.60 Å². The predicted molar refractivity (Wildman–Crippen MR) is 132 cm³/mol. The third-order valence-electron chi connectivity index (χ3n) is 6.65. The van der Waals surface area contributed by atoms with Gasteiger partial charge in [0.1, 0.15) is 11.9 Å². The highest BCUT2D eigenvalue weighted by atomic mass is 16.5. The minimum absolute atomic E-state index is 0.232. The minimum atomic E-state index is -0.796. The van der Waals surface area contributed by atoms with Crippen LogP contribution in [0.2, 0.25) is 0 Å². The molecular formula is C27H40N2O3. The van der Waals surface area contributed by atoms with E-state index in [4.69, 9.17) is 9.47 Å². The molecule has 1 aliphatic heterocycles. The molecule has 0 bridgehead atoms. The number of aliphatic hydroxyl groups is 1. The van der Waals surface area contributed by atoms with Gasteiger partial charge in [0.05, 0.1) is 12.2 Å². The molecule has 0 amide bonds. The van der Waals surface area contributed by atoms with Gasteiger partial charge in [-0.15, -0.1) is 0 Å². The molecule has 5 nitrogen and oxygen atoms in total. The van der Waals surface area contributed by atoms with Gasteiger partial charge in [0, 0.05) is 46.0 Å². The van der Waals surface area contributed by atoms with Crippen LogP contribution in [0.4, 0.5) is 5.69 Å². The van der Waals surface area contributed by atoms with Gasteiger partial charge < -0.3 is 24.4 Å². The Bertz CT molecular complexity index is 773. The fourth-order valence-electron chi connectivity index (χ4n) is 4.37. The van der Waals surface area contributed by atoms with Crippen molar-refractivity contribution >= 4 is 5.69 Å². The van der Waals surface area contributed by atoms with Crippen LogP contribution in [0.3, 0.4) is 0 Å². The highest BCUT2D eigenvalue weighted by Gasteiger charge is 2.40. The average Bonchev–Trinajstić information content (AvgIpc) is 2.83. The summed E-state index contributed by atoms with van der Waals surface area (Å²) in [6.07, 6.45) is 4.49. The number of nitrogens with zero attached hydrogens (tertiary/aromatic N) is 2. The molecular weight excluding hydrogens is 400 g/mol. The van der Waals surface area contributed by atoms with E-state index in [2.05, 4.69) is 66.2 Å². The first kappa shape index (κ1) is 24.6. The first-order valence-electron chi connectivity index (χ1n) is 12.0. The van der Waals surface area contributed by atoms with Gasteiger partial charge in [-0.2, -0.15) is 0 Å². The molecule has 0 aliphatic carbocycles. The second-order valence-corrected chi connectivity index (χ2v) is 8.98. The molecule has 5 heteroatoms. The lowest BCUT2D eigenvalue weighted by Gasteiger charge is -2.43. The van der Waals surface area contributed by atoms with Crippen LogP contribution in [0, 0.1) is 0 Å². The molecule has 1 N–H and O–H groups in total. The van der Waals surface area contributed by atoms with Gasteiger partial charge in [0.25, 0.3) is 0 Å². The lowest BCUT2D eigenvalue weighted by atomic mass is 9.85. The maximum absolute atomic E-state index is 11.4. The van der Waals surface area contributed by atoms with Crippen LogP contribution in [-0.2, 0) is 11.2 Å². The Hall–Kier alpha value is -2.08. The normalized spacial score (nSPS) is 17.1. The number of ether oxygens (including phenoxy) is 2. The van der Waals surface area contributed by atoms with Crippen LogP contribution in [0.15, 0.2) is 54.6 Å². The molecule has 1 fully saturated rings. The molecule has 1 unspecified atom stereocenters. The van der Waals surface area contributed by atoms with Crippen LogP contribution < -0.4 is 9.64 Å². The van der Waals surface area contributed by atoms with Gasteiger partial charge in [-0.1, -0.05) is 43.7 Å². The van der Waals surface area contributed by atoms with E-state index in [-0.39, 0.29) is 6.10 Å². The van der Waals surface area contributed by atoms with Gasteiger partial charge in [-0.3, -0.25) is 0 Å². The van der Waals surface area contributed by atoms with Crippen molar-refractivity contribution in [3.63, 3.8) is 0 Å². The van der Waals surface area contributed by atoms with Crippen LogP contribution >= 0.6 is 0 Å². The molecule has 1 heterocycles. The maximum atomic E-state index is 11.4. The van der Waals surface area contributed by atoms with Crippen molar-refractivity contribution in [3.8, 4) is 5.75 Å². The molecule has 1 saturated heterocycles. The Labute approximate surface area is 193 Å². The Morgan fingerprint density at radius 2 is 1.75 bits per heavy atom. The molecule has 176 valence electrons. The number of rotatable bonds is 12. The first-order valence-corrected chi connectivity index (χ1v) is 12.0. The first-order chi connectivity index (χ1) is 15.5. The van der Waals surface area contributed by atoms with Gasteiger partial charge >= 0.3 is 0 Å². The fourth-order valence-corrected chi connectivity index (χ4v) is 4.37. The monoisotopic (exact) mass is 440 g/mol. The molecule has 0 saturated carbocycles. The van der Waals surface area contributed by atoms with Crippen molar-refractivity contribution in [1.82, 2.24) is 4.90 Å². The summed E-state index contributed by atoms with van der Waals surface area (Å²) in [5, 5.41) is 11.4. The van der Waals surface area contributed by atoms with Gasteiger partial charge in [-0.05, 0) is 55.5 Å². The summed E-state index contributed by atoms with van der Waals surface area (Å²) in [5.74, 6) is 0.903. The SMILES string of the molecule is CCCCOc1ccc(N(C)CC(OC)C2(O)CCN(CCc3ccccc3)CC2)cc1. The summed E-state index contributed by atoms with van der Waals surface area (Å²) in [4.78, 5) is 4.61. The van der Waals surface area contributed by atoms with Crippen LogP contribution in [-0.4, -0.2) is 68.7 Å². The zero-order valence-electron chi connectivity index (χ0n) is 20.0. The maximum Gasteiger partial charge on any atom is 0.119 e. The number of anilines is 1. The molecule has 2 aromatic carbocycles. The number of likely N-dealkylation sites (N-methyl/N-ethyl adjacent to an activating group) is 1. The second kappa shape index (κ2) is 12.2. The van der Waals surface area contributed by atoms with Gasteiger partial charge in [0.15, 0.2) is 0 Å². The number of methoxy groups -OCH3 is 1. The summed E-state index contributed by atoms with van der Waals surface area (Å²) in [6, 6.07) is 18.8. The number of unbranched alkanes of at least 4 members (excludes halogenated alkanes) is 1. The number of likely N-dealkylation sites (tertiary alicyclic amines) is 1. The third kappa shape index (κ3) is 6.96. The lowest BCUT2D eigenvalue weighted by molar-refractivity contribution is -0.118. The fraction of sp³-hybridized carbons (Fsp3) is 0.556. The number of hydrogen-bond donors (Lipinski definition) is 1. The average molecular weight is 441 g/mol. The van der Waals surface area contributed by atoms with Crippen LogP contribution in [0.25, 0.3) is 0 Å². The summed E-state index contributed by atoms with van der Waals surface area (Å²) >= 11 is 0. The molecule has 3 rings (SSSR count). The summed E-state index contributed by atoms with van der Waals surface area (Å²) in [5.41, 5.74) is 1.67. The van der Waals surface area contributed by atoms with E-state index in [1.54, 1.807) is 7.11 Å². The lowest BCUT2D eigenvalue weighted by Crippen LogP contribution is -2.55. The molecule has 0 radical (unpaired) electrons. The van der Waals surface area contributed by atoms with E-state index >= 15 is 0 Å². The molecule has 32 heavy (non-hydrogen) atoms. The zero-order chi connectivity index (χ0) is 22.8. The van der Waals surface area contributed by atoms with Crippen molar-refractivity contribution in [2.45, 2.75) is 50.7 Å². The molecule has 1 aliphatic rings. The van der Waals surface area contributed by atoms with E-state index in [0.717, 1.165) is 69.8 Å². The molecule has 0 spiro atoms. The smallest absolute Gasteiger partial charge is 0.119 e. The van der Waals surface area contributed by atoms with Gasteiger partial charge in [0.2, 0.25) is 0 Å². The Balaban J connectivity index is 1.49. The molecule has 1 atom stereocenters. The zero-order valence-corrected chi connectivity index (χ0v) is 20.0. The number of piperidine rings is 1. The quantitative estimate of drug-likeness (QED) is 0.496. The number of benzene rings is 2. The van der Waals surface area contributed by atoms with Crippen LogP contribution in [0.1, 0.15) is 38.2 Å². The predicted octanol–water partition coefficient (Wildman–Crippen LogP) is 4.39. The van der Waals surface area contributed by atoms with Crippen molar-refractivity contribution in [1.29, 1.82) is 0 Å². The summed E-state index contributed by atoms with van der Waals surface area (Å²) < 4.78 is 11.6. The van der Waals surface area contributed by atoms with Crippen molar-refractivity contribution in [2.24, 2.45) is 0 Å². The van der Waals surface area contributed by atoms with Crippen molar-refractivity contribution < 1.29 is 14.6 Å². The van der Waals surface area contributed by atoms with Crippen molar-refractivity contribution in [3.05, 3.63) is 60.2 Å². The topological polar surface area (TPSA) is 45.2 Å². The summed E-state index contributed by atoms with van der Waals surface area (Å²) in [7, 11) is 3.76. The third-order valence-corrected chi connectivity index (χ3v) is 6.65. The Morgan fingerprint density at radius 1 is 1.06 bits per heavy atom. The summed E-state index contributed by atoms with van der Waals surface area (Å²) in [6.45, 7) is 6.40. The highest BCUT2D eigenvalue weighted by Crippen LogP contribution is 2.29. The Kier molecular flexibility index (Phi) is 9.39. The van der Waals surface area contributed by atoms with E-state index in [1.807, 2.05) is 12.1 Å². The second-order valence-electron chi connectivity index (χ2n) is 8.98. The highest BCUT2D eigenvalue weighted by molar-refractivity contribution is 5.48. The molecule has 2 aromatic rings. The van der Waals surface area contributed by atoms with Gasteiger partial charge in [-0.25, -0.2) is 0 Å². The minimum Gasteiger partial charge on any atom is -0.494 e. The van der Waals surface area contributed by atoms with E-state index in [9.17, 15) is 5.11 Å². The van der Waals surface area contributed by atoms with Crippen molar-refractivity contribution in [2.75, 3.05) is 51.8 Å².